The molecule has 1 amide bonds. The number of carbonyl (C=O) groups excluding carboxylic acids is 1. The molecule has 3 rings (SSSR count). The Kier molecular flexibility index (Phi) is 7.63. The molecule has 1 aromatic heterocycles. The van der Waals surface area contributed by atoms with Crippen molar-refractivity contribution in [2.24, 2.45) is 0 Å². The van der Waals surface area contributed by atoms with E-state index in [2.05, 4.69) is 27.6 Å². The lowest BCUT2D eigenvalue weighted by Gasteiger charge is -2.10. The maximum atomic E-state index is 12.2. The summed E-state index contributed by atoms with van der Waals surface area (Å²) in [5.41, 5.74) is 2.05. The van der Waals surface area contributed by atoms with Gasteiger partial charge in [0.1, 0.15) is 5.82 Å². The number of hydrogen-bond donors (Lipinski definition) is 1. The number of carbonyl (C=O) groups is 1. The maximum absolute atomic E-state index is 12.2. The molecule has 0 unspecified atom stereocenters. The topological polar surface area (TPSA) is 69.0 Å². The van der Waals surface area contributed by atoms with Gasteiger partial charge < -0.3 is 14.6 Å². The van der Waals surface area contributed by atoms with E-state index in [1.165, 1.54) is 17.3 Å². The summed E-state index contributed by atoms with van der Waals surface area (Å²) in [6, 6.07) is 19.7. The monoisotopic (exact) mass is 396 g/mol. The van der Waals surface area contributed by atoms with Crippen molar-refractivity contribution in [1.82, 2.24) is 14.8 Å². The molecule has 0 atom stereocenters. The van der Waals surface area contributed by atoms with Gasteiger partial charge in [0.15, 0.2) is 5.16 Å². The van der Waals surface area contributed by atoms with E-state index in [0.717, 1.165) is 29.5 Å². The summed E-state index contributed by atoms with van der Waals surface area (Å²) in [6.07, 6.45) is 1.68. The first-order valence-electron chi connectivity index (χ1n) is 9.19. The lowest BCUT2D eigenvalue weighted by molar-refractivity contribution is -0.113. The molecule has 0 spiro atoms. The predicted molar refractivity (Wildman–Crippen MR) is 112 cm³/mol. The number of rotatable bonds is 10. The molecule has 3 aromatic rings. The van der Waals surface area contributed by atoms with Crippen LogP contribution in [0, 0.1) is 0 Å². The molecule has 0 saturated carbocycles. The highest BCUT2D eigenvalue weighted by Crippen LogP contribution is 2.19. The molecule has 0 saturated heterocycles. The van der Waals surface area contributed by atoms with E-state index in [4.69, 9.17) is 4.74 Å². The van der Waals surface area contributed by atoms with Gasteiger partial charge in [0, 0.05) is 25.8 Å². The van der Waals surface area contributed by atoms with Crippen LogP contribution in [0.15, 0.2) is 65.8 Å². The minimum absolute atomic E-state index is 0.0664. The molecule has 0 aliphatic heterocycles. The molecule has 0 radical (unpaired) electrons. The van der Waals surface area contributed by atoms with Crippen molar-refractivity contribution >= 4 is 23.4 Å². The summed E-state index contributed by atoms with van der Waals surface area (Å²) in [4.78, 5) is 12.2. The fraction of sp³-hybridized carbons (Fsp3) is 0.286. The first kappa shape index (κ1) is 20.1. The van der Waals surface area contributed by atoms with Crippen molar-refractivity contribution < 1.29 is 9.53 Å². The van der Waals surface area contributed by atoms with E-state index in [-0.39, 0.29) is 11.7 Å². The SMILES string of the molecule is COCCn1c(CCc2ccccc2)nnc1SCC(=O)Nc1ccccc1. The summed E-state index contributed by atoms with van der Waals surface area (Å²) in [5.74, 6) is 1.12. The van der Waals surface area contributed by atoms with Crippen LogP contribution >= 0.6 is 11.8 Å². The third-order valence-electron chi connectivity index (χ3n) is 4.18. The first-order chi connectivity index (χ1) is 13.8. The number of hydrogen-bond acceptors (Lipinski definition) is 5. The van der Waals surface area contributed by atoms with Crippen LogP contribution in [0.5, 0.6) is 0 Å². The Balaban J connectivity index is 1.61. The molecule has 2 aromatic carbocycles. The normalized spacial score (nSPS) is 10.8. The highest BCUT2D eigenvalue weighted by Gasteiger charge is 2.14. The Morgan fingerprint density at radius 1 is 1.04 bits per heavy atom. The number of amides is 1. The van der Waals surface area contributed by atoms with Crippen LogP contribution in [-0.4, -0.2) is 40.1 Å². The summed E-state index contributed by atoms with van der Waals surface area (Å²) >= 11 is 1.39. The Morgan fingerprint density at radius 2 is 1.75 bits per heavy atom. The Labute approximate surface area is 169 Å². The molecule has 6 nitrogen and oxygen atoms in total. The second-order valence-corrected chi connectivity index (χ2v) is 7.17. The van der Waals surface area contributed by atoms with Crippen molar-refractivity contribution in [2.45, 2.75) is 24.5 Å². The number of para-hydroxylation sites is 1. The number of aryl methyl sites for hydroxylation is 2. The van der Waals surface area contributed by atoms with Crippen LogP contribution in [0.25, 0.3) is 0 Å². The lowest BCUT2D eigenvalue weighted by atomic mass is 10.1. The van der Waals surface area contributed by atoms with Gasteiger partial charge in [-0.1, -0.05) is 60.3 Å². The largest absolute Gasteiger partial charge is 0.383 e. The minimum atomic E-state index is -0.0664. The number of ether oxygens (including phenoxy) is 1. The zero-order chi connectivity index (χ0) is 19.6. The summed E-state index contributed by atoms with van der Waals surface area (Å²) in [7, 11) is 1.67. The van der Waals surface area contributed by atoms with Crippen LogP contribution in [0.2, 0.25) is 0 Å². The number of methoxy groups -OCH3 is 1. The molecule has 1 N–H and O–H groups in total. The number of thioether (sulfide) groups is 1. The Hall–Kier alpha value is -2.64. The Morgan fingerprint density at radius 3 is 2.46 bits per heavy atom. The third kappa shape index (κ3) is 5.94. The Bertz CT molecular complexity index is 869. The summed E-state index contributed by atoms with van der Waals surface area (Å²) < 4.78 is 7.28. The highest BCUT2D eigenvalue weighted by molar-refractivity contribution is 7.99. The zero-order valence-corrected chi connectivity index (χ0v) is 16.7. The standard InChI is InChI=1S/C21H24N4O2S/c1-27-15-14-25-19(13-12-17-8-4-2-5-9-17)23-24-21(25)28-16-20(26)22-18-10-6-3-7-11-18/h2-11H,12-16H2,1H3,(H,22,26). The quantitative estimate of drug-likeness (QED) is 0.532. The number of benzene rings is 2. The van der Waals surface area contributed by atoms with Crippen LogP contribution < -0.4 is 5.32 Å². The number of nitrogens with one attached hydrogen (secondary N) is 1. The molecule has 0 aliphatic rings. The van der Waals surface area contributed by atoms with E-state index < -0.39 is 0 Å². The molecule has 0 bridgehead atoms. The molecule has 146 valence electrons. The van der Waals surface area contributed by atoms with Crippen LogP contribution in [0.4, 0.5) is 5.69 Å². The maximum Gasteiger partial charge on any atom is 0.234 e. The smallest absolute Gasteiger partial charge is 0.234 e. The highest BCUT2D eigenvalue weighted by atomic mass is 32.2. The number of anilines is 1. The average molecular weight is 397 g/mol. The number of aromatic nitrogens is 3. The molecule has 0 aliphatic carbocycles. The van der Waals surface area contributed by atoms with Crippen molar-refractivity contribution in [3.63, 3.8) is 0 Å². The molecule has 28 heavy (non-hydrogen) atoms. The van der Waals surface area contributed by atoms with Crippen LogP contribution in [-0.2, 0) is 28.9 Å². The van der Waals surface area contributed by atoms with Gasteiger partial charge in [-0.25, -0.2) is 0 Å². The van der Waals surface area contributed by atoms with E-state index in [0.29, 0.717) is 13.2 Å². The van der Waals surface area contributed by atoms with Crippen molar-refractivity contribution in [2.75, 3.05) is 24.8 Å². The van der Waals surface area contributed by atoms with Gasteiger partial charge in [-0.3, -0.25) is 4.79 Å². The molecular weight excluding hydrogens is 372 g/mol. The van der Waals surface area contributed by atoms with Gasteiger partial charge in [0.2, 0.25) is 5.91 Å². The number of nitrogens with zero attached hydrogens (tertiary/aromatic N) is 3. The second kappa shape index (κ2) is 10.6. The van der Waals surface area contributed by atoms with Gasteiger partial charge in [-0.15, -0.1) is 10.2 Å². The first-order valence-corrected chi connectivity index (χ1v) is 10.2. The van der Waals surface area contributed by atoms with Crippen molar-refractivity contribution in [3.05, 3.63) is 72.1 Å². The van der Waals surface area contributed by atoms with Gasteiger partial charge in [0.25, 0.3) is 0 Å². The lowest BCUT2D eigenvalue weighted by Crippen LogP contribution is -2.15. The minimum Gasteiger partial charge on any atom is -0.383 e. The van der Waals surface area contributed by atoms with Crippen molar-refractivity contribution in [1.29, 1.82) is 0 Å². The van der Waals surface area contributed by atoms with E-state index in [9.17, 15) is 4.79 Å². The third-order valence-corrected chi connectivity index (χ3v) is 5.15. The average Bonchev–Trinajstić information content (AvgIpc) is 3.12. The fourth-order valence-electron chi connectivity index (χ4n) is 2.77. The molecule has 7 heteroatoms. The molecule has 1 heterocycles. The van der Waals surface area contributed by atoms with Gasteiger partial charge in [-0.2, -0.15) is 0 Å². The van der Waals surface area contributed by atoms with Gasteiger partial charge in [-0.05, 0) is 24.1 Å². The zero-order valence-electron chi connectivity index (χ0n) is 15.9. The predicted octanol–water partition coefficient (Wildman–Crippen LogP) is 3.44. The van der Waals surface area contributed by atoms with E-state index in [1.807, 2.05) is 53.1 Å². The van der Waals surface area contributed by atoms with Crippen LogP contribution in [0.3, 0.4) is 0 Å². The summed E-state index contributed by atoms with van der Waals surface area (Å²) in [6.45, 7) is 1.23. The summed E-state index contributed by atoms with van der Waals surface area (Å²) in [5, 5.41) is 12.3. The molecule has 0 fully saturated rings. The van der Waals surface area contributed by atoms with Gasteiger partial charge >= 0.3 is 0 Å². The second-order valence-electron chi connectivity index (χ2n) is 6.23. The van der Waals surface area contributed by atoms with Gasteiger partial charge in [0.05, 0.1) is 12.4 Å². The van der Waals surface area contributed by atoms with Crippen LogP contribution in [0.1, 0.15) is 11.4 Å². The van der Waals surface area contributed by atoms with Crippen molar-refractivity contribution in [3.8, 4) is 0 Å². The fourth-order valence-corrected chi connectivity index (χ4v) is 3.55. The van der Waals surface area contributed by atoms with E-state index in [1.54, 1.807) is 7.11 Å². The van der Waals surface area contributed by atoms with E-state index >= 15 is 0 Å². The molecular formula is C21H24N4O2S.